The van der Waals surface area contributed by atoms with Gasteiger partial charge in [-0.05, 0) is 111 Å². The van der Waals surface area contributed by atoms with Crippen LogP contribution in [0.15, 0.2) is 0 Å². The Morgan fingerprint density at radius 2 is 0.886 bits per heavy atom. The summed E-state index contributed by atoms with van der Waals surface area (Å²) in [5, 5.41) is 34.6. The second-order valence-corrected chi connectivity index (χ2v) is 15.2. The van der Waals surface area contributed by atoms with Crippen molar-refractivity contribution in [3.8, 4) is 0 Å². The van der Waals surface area contributed by atoms with E-state index in [1.54, 1.807) is 0 Å². The molecule has 0 spiro atoms. The predicted molar refractivity (Wildman–Crippen MR) is 127 cm³/mol. The van der Waals surface area contributed by atoms with Gasteiger partial charge in [0.05, 0.1) is 10.8 Å². The maximum absolute atomic E-state index is 13.9. The Morgan fingerprint density at radius 3 is 1.14 bits per heavy atom. The molecule has 0 unspecified atom stereocenters. The van der Waals surface area contributed by atoms with E-state index in [2.05, 4.69) is 10.6 Å². The van der Waals surface area contributed by atoms with Crippen LogP contribution in [0.25, 0.3) is 0 Å². The summed E-state index contributed by atoms with van der Waals surface area (Å²) >= 11 is 0. The van der Waals surface area contributed by atoms with Gasteiger partial charge >= 0.3 is 0 Å². The lowest BCUT2D eigenvalue weighted by molar-refractivity contribution is -0.290. The Balaban J connectivity index is 1.19. The second kappa shape index (κ2) is 6.43. The summed E-state index contributed by atoms with van der Waals surface area (Å²) in [5.74, 6) is 1.47. The standard InChI is InChI=1S/C27H42N4O4/c1-22(2)10-14(11-23(3,4)30(22)34)28-20(32)26-16-9-17-19(18(16)26)27(17,26)21(33)29-15-12-24(5,6)31(35)25(7,8)13-15/h14-19H,9-13H2,1-8H3,(H,28,32)(H,29,33)/t16-,17+,18-,19-,26+,27-/m1/s1. The van der Waals surface area contributed by atoms with Gasteiger partial charge in [-0.15, -0.1) is 20.5 Å². The van der Waals surface area contributed by atoms with E-state index in [1.165, 1.54) is 10.1 Å². The minimum atomic E-state index is -0.546. The van der Waals surface area contributed by atoms with Crippen molar-refractivity contribution in [2.75, 3.05) is 0 Å². The van der Waals surface area contributed by atoms with Crippen molar-refractivity contribution in [1.82, 2.24) is 20.8 Å². The number of nitrogens with one attached hydrogen (secondary N) is 2. The molecule has 0 aromatic rings. The Kier molecular flexibility index (Phi) is 4.43. The lowest BCUT2D eigenvalue weighted by atomic mass is 9.69. The number of hydrogen-bond donors (Lipinski definition) is 2. The van der Waals surface area contributed by atoms with Crippen molar-refractivity contribution in [2.24, 2.45) is 34.5 Å². The zero-order valence-electron chi connectivity index (χ0n) is 22.5. The fourth-order valence-corrected chi connectivity index (χ4v) is 10.4. The Bertz CT molecular complexity index is 876. The lowest BCUT2D eigenvalue weighted by Crippen LogP contribution is -2.65. The first-order valence-electron chi connectivity index (χ1n) is 13.5. The molecule has 2 radical (unpaired) electrons. The highest BCUT2D eigenvalue weighted by Gasteiger charge is 3.08. The van der Waals surface area contributed by atoms with Crippen LogP contribution < -0.4 is 10.6 Å². The summed E-state index contributed by atoms with van der Waals surface area (Å²) in [7, 11) is 0. The van der Waals surface area contributed by atoms with Crippen LogP contribution >= 0.6 is 0 Å². The number of hydrogen-bond acceptors (Lipinski definition) is 4. The van der Waals surface area contributed by atoms with E-state index in [4.69, 9.17) is 0 Å². The first-order chi connectivity index (χ1) is 15.9. The van der Waals surface area contributed by atoms with Crippen molar-refractivity contribution in [3.63, 3.8) is 0 Å². The van der Waals surface area contributed by atoms with Gasteiger partial charge in [0.2, 0.25) is 11.8 Å². The Morgan fingerprint density at radius 1 is 0.600 bits per heavy atom. The van der Waals surface area contributed by atoms with Gasteiger partial charge in [0.15, 0.2) is 0 Å². The van der Waals surface area contributed by atoms with Crippen LogP contribution in [-0.2, 0) is 20.0 Å². The molecular weight excluding hydrogens is 444 g/mol. The van der Waals surface area contributed by atoms with Crippen LogP contribution in [-0.4, -0.2) is 56.2 Å². The fourth-order valence-electron chi connectivity index (χ4n) is 10.4. The Labute approximate surface area is 209 Å². The molecule has 7 fully saturated rings. The van der Waals surface area contributed by atoms with Crippen LogP contribution in [0.3, 0.4) is 0 Å². The van der Waals surface area contributed by atoms with E-state index in [-0.39, 0.29) is 23.9 Å². The van der Waals surface area contributed by atoms with Crippen molar-refractivity contribution >= 4 is 11.8 Å². The zero-order chi connectivity index (χ0) is 25.7. The van der Waals surface area contributed by atoms with Gasteiger partial charge in [-0.3, -0.25) is 9.59 Å². The maximum Gasteiger partial charge on any atom is 0.228 e. The van der Waals surface area contributed by atoms with Crippen LogP contribution in [0.2, 0.25) is 0 Å². The van der Waals surface area contributed by atoms with Crippen LogP contribution in [0.1, 0.15) is 87.5 Å². The minimum Gasteiger partial charge on any atom is -0.353 e. The summed E-state index contributed by atoms with van der Waals surface area (Å²) in [4.78, 5) is 27.7. The fraction of sp³-hybridized carbons (Fsp3) is 0.926. The molecule has 35 heavy (non-hydrogen) atoms. The summed E-state index contributed by atoms with van der Waals surface area (Å²) < 4.78 is 0. The molecule has 2 saturated heterocycles. The largest absolute Gasteiger partial charge is 0.353 e. The van der Waals surface area contributed by atoms with Gasteiger partial charge in [0, 0.05) is 34.2 Å². The molecule has 194 valence electrons. The molecule has 2 heterocycles. The first-order valence-corrected chi connectivity index (χ1v) is 13.5. The Hall–Kier alpha value is -1.22. The molecule has 6 atom stereocenters. The van der Waals surface area contributed by atoms with E-state index in [0.29, 0.717) is 49.4 Å². The summed E-state index contributed by atoms with van der Waals surface area (Å²) in [5.41, 5.74) is -3.27. The molecule has 2 aliphatic heterocycles. The number of rotatable bonds is 4. The van der Waals surface area contributed by atoms with Gasteiger partial charge in [-0.25, -0.2) is 0 Å². The molecule has 8 heteroatoms. The summed E-state index contributed by atoms with van der Waals surface area (Å²) in [6, 6.07) is -0.127. The summed E-state index contributed by atoms with van der Waals surface area (Å²) in [6.45, 7) is 15.6. The lowest BCUT2D eigenvalue weighted by Gasteiger charge is -2.51. The molecule has 0 aromatic heterocycles. The number of carbonyl (C=O) groups is 2. The van der Waals surface area contributed by atoms with Crippen molar-refractivity contribution in [1.29, 1.82) is 0 Å². The minimum absolute atomic E-state index is 0.0462. The number of hydroxylamine groups is 4. The van der Waals surface area contributed by atoms with Crippen LogP contribution in [0, 0.1) is 34.5 Å². The third-order valence-corrected chi connectivity index (χ3v) is 11.1. The van der Waals surface area contributed by atoms with E-state index in [0.717, 1.165) is 6.42 Å². The third-order valence-electron chi connectivity index (χ3n) is 11.1. The van der Waals surface area contributed by atoms with E-state index in [1.807, 2.05) is 55.4 Å². The molecule has 0 aromatic carbocycles. The number of amides is 2. The average molecular weight is 487 g/mol. The van der Waals surface area contributed by atoms with Gasteiger partial charge in [0.1, 0.15) is 0 Å². The van der Waals surface area contributed by atoms with Gasteiger partial charge in [-0.2, -0.15) is 0 Å². The molecule has 7 rings (SSSR count). The molecule has 5 saturated carbocycles. The van der Waals surface area contributed by atoms with Crippen molar-refractivity contribution < 1.29 is 20.0 Å². The van der Waals surface area contributed by atoms with Crippen molar-refractivity contribution in [2.45, 2.75) is 122 Å². The van der Waals surface area contributed by atoms with E-state index >= 15 is 0 Å². The highest BCUT2D eigenvalue weighted by atomic mass is 16.5. The van der Waals surface area contributed by atoms with Crippen molar-refractivity contribution in [3.05, 3.63) is 0 Å². The molecule has 5 aliphatic carbocycles. The zero-order valence-corrected chi connectivity index (χ0v) is 22.5. The molecular formula is C27H42N4O4. The third kappa shape index (κ3) is 2.67. The smallest absolute Gasteiger partial charge is 0.228 e. The van der Waals surface area contributed by atoms with Gasteiger partial charge in [0.25, 0.3) is 0 Å². The van der Waals surface area contributed by atoms with Crippen LogP contribution in [0.4, 0.5) is 0 Å². The summed E-state index contributed by atoms with van der Waals surface area (Å²) in [6.07, 6.45) is 3.44. The number of piperidine rings is 2. The topological polar surface area (TPSA) is 104 Å². The van der Waals surface area contributed by atoms with E-state index in [9.17, 15) is 20.0 Å². The number of nitrogens with zero attached hydrogens (tertiary/aromatic N) is 2. The number of carbonyl (C=O) groups excluding carboxylic acids is 2. The quantitative estimate of drug-likeness (QED) is 0.638. The highest BCUT2D eigenvalue weighted by molar-refractivity contribution is 6.05. The molecule has 2 N–H and O–H groups in total. The van der Waals surface area contributed by atoms with Crippen LogP contribution in [0.5, 0.6) is 0 Å². The normalized spacial score (nSPS) is 46.3. The monoisotopic (exact) mass is 486 g/mol. The highest BCUT2D eigenvalue weighted by Crippen LogP contribution is 3.04. The average Bonchev–Trinajstić information content (AvgIpc) is 3.33. The molecule has 2 amide bonds. The maximum atomic E-state index is 13.9. The molecule has 7 aliphatic rings. The van der Waals surface area contributed by atoms with E-state index < -0.39 is 33.0 Å². The molecule has 2 bridgehead atoms. The van der Waals surface area contributed by atoms with Gasteiger partial charge in [-0.1, -0.05) is 0 Å². The molecule has 8 nitrogen and oxygen atoms in total. The first kappa shape index (κ1) is 24.1. The second-order valence-electron chi connectivity index (χ2n) is 15.2. The predicted octanol–water partition coefficient (Wildman–Crippen LogP) is 2.84. The SMILES string of the molecule is CC1(C)CC(NC(=O)[C@]23[C@H]4[C@H]5[C@@H](C[C@@H]42)[C@@]53C(=O)NC2CC(C)(C)N([O])C(C)(C)C2)CC(C)(C)N1[O]. The van der Waals surface area contributed by atoms with Gasteiger partial charge < -0.3 is 10.6 Å².